The van der Waals surface area contributed by atoms with Crippen molar-refractivity contribution in [1.82, 2.24) is 0 Å². The van der Waals surface area contributed by atoms with E-state index in [4.69, 9.17) is 4.74 Å². The van der Waals surface area contributed by atoms with Crippen LogP contribution in [0.3, 0.4) is 0 Å². The number of hydrogen-bond acceptors (Lipinski definition) is 4. The molecule has 4 heteroatoms. The maximum Gasteiger partial charge on any atom is 0.316 e. The molecule has 18 heavy (non-hydrogen) atoms. The molecule has 0 radical (unpaired) electrons. The topological polar surface area (TPSA) is 52.6 Å². The minimum atomic E-state index is -0.482. The molecule has 1 atom stereocenters. The molecule has 1 aromatic carbocycles. The monoisotopic (exact) mass is 248 g/mol. The first-order valence-electron chi connectivity index (χ1n) is 5.57. The lowest BCUT2D eigenvalue weighted by atomic mass is 9.99. The minimum Gasteiger partial charge on any atom is -0.428 e. The average molecular weight is 248 g/mol. The second kappa shape index (κ2) is 6.59. The van der Waals surface area contributed by atoms with Gasteiger partial charge in [-0.15, -0.1) is 0 Å². The van der Waals surface area contributed by atoms with Gasteiger partial charge in [0.2, 0.25) is 6.79 Å². The highest BCUT2D eigenvalue weighted by Crippen LogP contribution is 2.18. The zero-order valence-electron chi connectivity index (χ0n) is 10.5. The van der Waals surface area contributed by atoms with Gasteiger partial charge in [0, 0.05) is 6.92 Å². The van der Waals surface area contributed by atoms with E-state index < -0.39 is 17.9 Å². The molecule has 0 heterocycles. The molecule has 0 saturated heterocycles. The molecule has 0 aliphatic carbocycles. The van der Waals surface area contributed by atoms with Gasteiger partial charge in [-0.1, -0.05) is 36.9 Å². The fourth-order valence-electron chi connectivity index (χ4n) is 1.39. The Morgan fingerprint density at radius 2 is 2.11 bits per heavy atom. The summed E-state index contributed by atoms with van der Waals surface area (Å²) in [6, 6.07) is 7.45. The van der Waals surface area contributed by atoms with Crippen molar-refractivity contribution in [1.29, 1.82) is 0 Å². The molecule has 0 bridgehead atoms. The Balaban J connectivity index is 2.62. The van der Waals surface area contributed by atoms with Crippen molar-refractivity contribution in [2.75, 3.05) is 6.79 Å². The zero-order chi connectivity index (χ0) is 13.5. The summed E-state index contributed by atoms with van der Waals surface area (Å²) in [5.41, 5.74) is 1.77. The Bertz CT molecular complexity index is 451. The summed E-state index contributed by atoms with van der Waals surface area (Å²) < 4.78 is 9.38. The van der Waals surface area contributed by atoms with E-state index in [0.29, 0.717) is 0 Å². The molecule has 4 nitrogen and oxygen atoms in total. The Morgan fingerprint density at radius 3 is 2.72 bits per heavy atom. The lowest BCUT2D eigenvalue weighted by Gasteiger charge is -2.12. The maximum absolute atomic E-state index is 11.7. The summed E-state index contributed by atoms with van der Waals surface area (Å²) >= 11 is 0. The number of rotatable bonds is 5. The van der Waals surface area contributed by atoms with Crippen LogP contribution in [0.4, 0.5) is 0 Å². The Kier molecular flexibility index (Phi) is 5.11. The summed E-state index contributed by atoms with van der Waals surface area (Å²) in [5, 5.41) is 0. The van der Waals surface area contributed by atoms with Crippen molar-refractivity contribution in [2.45, 2.75) is 19.8 Å². The van der Waals surface area contributed by atoms with Gasteiger partial charge in [0.25, 0.3) is 0 Å². The predicted molar refractivity (Wildman–Crippen MR) is 67.7 cm³/mol. The Labute approximate surface area is 106 Å². The quantitative estimate of drug-likeness (QED) is 0.593. The van der Waals surface area contributed by atoms with Crippen LogP contribution in [0, 0.1) is 0 Å². The number of benzene rings is 1. The fraction of sp³-hybridized carbons (Fsp3) is 0.286. The summed E-state index contributed by atoms with van der Waals surface area (Å²) in [6.45, 7) is 6.31. The summed E-state index contributed by atoms with van der Waals surface area (Å²) in [4.78, 5) is 22.2. The van der Waals surface area contributed by atoms with Gasteiger partial charge in [-0.2, -0.15) is 0 Å². The molecule has 0 aliphatic heterocycles. The molecule has 0 fully saturated rings. The van der Waals surface area contributed by atoms with Crippen molar-refractivity contribution in [3.8, 4) is 0 Å². The molecule has 0 N–H and O–H groups in total. The molecule has 0 saturated carbocycles. The third-order valence-corrected chi connectivity index (χ3v) is 2.46. The van der Waals surface area contributed by atoms with Gasteiger partial charge in [-0.05, 0) is 18.1 Å². The van der Waals surface area contributed by atoms with E-state index in [1.807, 2.05) is 24.3 Å². The number of hydrogen-bond donors (Lipinski definition) is 0. The van der Waals surface area contributed by atoms with E-state index in [-0.39, 0.29) is 6.79 Å². The molecule has 0 aromatic heterocycles. The van der Waals surface area contributed by atoms with Crippen molar-refractivity contribution in [2.24, 2.45) is 0 Å². The van der Waals surface area contributed by atoms with Crippen LogP contribution in [0.15, 0.2) is 30.8 Å². The first-order valence-corrected chi connectivity index (χ1v) is 5.57. The molecule has 1 aromatic rings. The Hall–Kier alpha value is -2.10. The highest BCUT2D eigenvalue weighted by molar-refractivity contribution is 5.78. The SMILES string of the molecule is C=Cc1cccc(C(C)C(=O)OCOC(C)=O)c1. The van der Waals surface area contributed by atoms with Crippen LogP contribution in [0.25, 0.3) is 6.08 Å². The fourth-order valence-corrected chi connectivity index (χ4v) is 1.39. The lowest BCUT2D eigenvalue weighted by Crippen LogP contribution is -2.16. The van der Waals surface area contributed by atoms with Gasteiger partial charge in [0.05, 0.1) is 5.92 Å². The predicted octanol–water partition coefficient (Wildman–Crippen LogP) is 2.50. The van der Waals surface area contributed by atoms with Crippen molar-refractivity contribution < 1.29 is 19.1 Å². The average Bonchev–Trinajstić information content (AvgIpc) is 2.37. The molecule has 1 rings (SSSR count). The Morgan fingerprint density at radius 1 is 1.39 bits per heavy atom. The van der Waals surface area contributed by atoms with Crippen LogP contribution in [0.5, 0.6) is 0 Å². The molecule has 96 valence electrons. The van der Waals surface area contributed by atoms with Crippen molar-refractivity contribution in [3.05, 3.63) is 42.0 Å². The summed E-state index contributed by atoms with van der Waals surface area (Å²) in [5.74, 6) is -1.33. The van der Waals surface area contributed by atoms with Gasteiger partial charge < -0.3 is 9.47 Å². The second-order valence-corrected chi connectivity index (χ2v) is 3.81. The molecule has 0 spiro atoms. The zero-order valence-corrected chi connectivity index (χ0v) is 10.5. The number of carbonyl (C=O) groups excluding carboxylic acids is 2. The summed E-state index contributed by atoms with van der Waals surface area (Å²) in [7, 11) is 0. The standard InChI is InChI=1S/C14H16O4/c1-4-12-6-5-7-13(8-12)10(2)14(16)18-9-17-11(3)15/h4-8,10H,1,9H2,2-3H3. The third-order valence-electron chi connectivity index (χ3n) is 2.46. The number of carbonyl (C=O) groups is 2. The van der Waals surface area contributed by atoms with Crippen molar-refractivity contribution in [3.63, 3.8) is 0 Å². The van der Waals surface area contributed by atoms with E-state index in [2.05, 4.69) is 11.3 Å². The van der Waals surface area contributed by atoms with Crippen molar-refractivity contribution >= 4 is 18.0 Å². The maximum atomic E-state index is 11.7. The van der Waals surface area contributed by atoms with Gasteiger partial charge in [-0.3, -0.25) is 9.59 Å². The largest absolute Gasteiger partial charge is 0.428 e. The molecular formula is C14H16O4. The lowest BCUT2D eigenvalue weighted by molar-refractivity contribution is -0.166. The van der Waals surface area contributed by atoms with E-state index >= 15 is 0 Å². The molecule has 1 unspecified atom stereocenters. The van der Waals surface area contributed by atoms with Gasteiger partial charge >= 0.3 is 11.9 Å². The molecule has 0 amide bonds. The van der Waals surface area contributed by atoms with Crippen LogP contribution < -0.4 is 0 Å². The van der Waals surface area contributed by atoms with Crippen LogP contribution in [0.1, 0.15) is 30.9 Å². The second-order valence-electron chi connectivity index (χ2n) is 3.81. The normalized spacial score (nSPS) is 11.4. The van der Waals surface area contributed by atoms with Gasteiger partial charge in [-0.25, -0.2) is 0 Å². The van der Waals surface area contributed by atoms with Crippen LogP contribution in [-0.2, 0) is 19.1 Å². The molecule has 0 aliphatic rings. The van der Waals surface area contributed by atoms with Crippen LogP contribution in [0.2, 0.25) is 0 Å². The highest BCUT2D eigenvalue weighted by Gasteiger charge is 2.17. The van der Waals surface area contributed by atoms with Crippen LogP contribution >= 0.6 is 0 Å². The van der Waals surface area contributed by atoms with E-state index in [0.717, 1.165) is 11.1 Å². The minimum absolute atomic E-state index is 0.348. The van der Waals surface area contributed by atoms with E-state index in [9.17, 15) is 9.59 Å². The van der Waals surface area contributed by atoms with Gasteiger partial charge in [0.1, 0.15) is 0 Å². The van der Waals surface area contributed by atoms with E-state index in [1.54, 1.807) is 13.0 Å². The number of esters is 2. The summed E-state index contributed by atoms with van der Waals surface area (Å²) in [6.07, 6.45) is 1.71. The smallest absolute Gasteiger partial charge is 0.316 e. The van der Waals surface area contributed by atoms with E-state index in [1.165, 1.54) is 6.92 Å². The number of ether oxygens (including phenoxy) is 2. The van der Waals surface area contributed by atoms with Crippen LogP contribution in [-0.4, -0.2) is 18.7 Å². The first kappa shape index (κ1) is 14.0. The van der Waals surface area contributed by atoms with Gasteiger partial charge in [0.15, 0.2) is 0 Å². The first-order chi connectivity index (χ1) is 8.54. The highest BCUT2D eigenvalue weighted by atomic mass is 16.7. The molecular weight excluding hydrogens is 232 g/mol. The third kappa shape index (κ3) is 4.05.